The predicted molar refractivity (Wildman–Crippen MR) is 64.4 cm³/mol. The minimum Gasteiger partial charge on any atom is -0.476 e. The first-order valence-electron chi connectivity index (χ1n) is 4.90. The van der Waals surface area contributed by atoms with Crippen molar-refractivity contribution >= 4 is 29.2 Å². The van der Waals surface area contributed by atoms with Gasteiger partial charge >= 0.3 is 5.97 Å². The van der Waals surface area contributed by atoms with Crippen molar-refractivity contribution in [2.75, 3.05) is 11.1 Å². The topological polar surface area (TPSA) is 114 Å². The van der Waals surface area contributed by atoms with Crippen molar-refractivity contribution in [3.8, 4) is 0 Å². The van der Waals surface area contributed by atoms with Crippen molar-refractivity contribution in [3.05, 3.63) is 35.0 Å². The highest BCUT2D eigenvalue weighted by atomic mass is 35.5. The molecule has 4 N–H and O–H groups in total. The van der Waals surface area contributed by atoms with Crippen LogP contribution in [0.1, 0.15) is 16.2 Å². The molecule has 0 unspecified atom stereocenters. The third-order valence-corrected chi connectivity index (χ3v) is 2.36. The molecule has 7 nitrogen and oxygen atoms in total. The van der Waals surface area contributed by atoms with Gasteiger partial charge in [-0.15, -0.1) is 0 Å². The fourth-order valence-electron chi connectivity index (χ4n) is 1.28. The van der Waals surface area contributed by atoms with Crippen molar-refractivity contribution in [2.24, 2.45) is 0 Å². The molecule has 0 spiro atoms. The molecule has 0 fully saturated rings. The number of rotatable bonds is 4. The zero-order chi connectivity index (χ0) is 13.1. The van der Waals surface area contributed by atoms with Gasteiger partial charge in [0, 0.05) is 0 Å². The fraction of sp³-hybridized carbons (Fsp3) is 0.100. The molecule has 2 aromatic heterocycles. The van der Waals surface area contributed by atoms with Crippen molar-refractivity contribution in [3.63, 3.8) is 0 Å². The smallest absolute Gasteiger partial charge is 0.358 e. The van der Waals surface area contributed by atoms with E-state index in [9.17, 15) is 4.79 Å². The first kappa shape index (κ1) is 12.2. The van der Waals surface area contributed by atoms with Crippen LogP contribution in [0.15, 0.2) is 22.8 Å². The standard InChI is InChI=1S/C10H9ClN4O3/c11-7-9(13-4-5-2-1-3-18-5)15-8(12)6(14-7)10(16)17/h1-3H,4H2,(H,16,17)(H3,12,13,15). The molecule has 0 amide bonds. The number of nitrogens with one attached hydrogen (secondary N) is 1. The van der Waals surface area contributed by atoms with E-state index < -0.39 is 5.97 Å². The molecule has 0 aliphatic rings. The molecule has 0 aliphatic carbocycles. The summed E-state index contributed by atoms with van der Waals surface area (Å²) in [6.45, 7) is 0.341. The second-order valence-corrected chi connectivity index (χ2v) is 3.69. The van der Waals surface area contributed by atoms with Crippen molar-refractivity contribution < 1.29 is 14.3 Å². The van der Waals surface area contributed by atoms with Gasteiger partial charge in [-0.2, -0.15) is 0 Å². The monoisotopic (exact) mass is 268 g/mol. The Morgan fingerprint density at radius 1 is 1.56 bits per heavy atom. The van der Waals surface area contributed by atoms with Crippen LogP contribution in [-0.4, -0.2) is 21.0 Å². The highest BCUT2D eigenvalue weighted by Gasteiger charge is 2.15. The number of halogens is 1. The van der Waals surface area contributed by atoms with Crippen LogP contribution in [-0.2, 0) is 6.54 Å². The summed E-state index contributed by atoms with van der Waals surface area (Å²) in [7, 11) is 0. The minimum absolute atomic E-state index is 0.0619. The summed E-state index contributed by atoms with van der Waals surface area (Å²) in [6, 6.07) is 3.51. The van der Waals surface area contributed by atoms with E-state index in [0.29, 0.717) is 12.3 Å². The number of hydrogen-bond acceptors (Lipinski definition) is 6. The van der Waals surface area contributed by atoms with Crippen LogP contribution >= 0.6 is 11.6 Å². The van der Waals surface area contributed by atoms with Crippen LogP contribution in [0.2, 0.25) is 5.15 Å². The van der Waals surface area contributed by atoms with Crippen LogP contribution < -0.4 is 11.1 Å². The number of nitrogens with two attached hydrogens (primary N) is 1. The highest BCUT2D eigenvalue weighted by molar-refractivity contribution is 6.31. The molecule has 2 rings (SSSR count). The Labute approximate surface area is 107 Å². The zero-order valence-corrected chi connectivity index (χ0v) is 9.81. The summed E-state index contributed by atoms with van der Waals surface area (Å²) in [4.78, 5) is 18.3. The van der Waals surface area contributed by atoms with Gasteiger partial charge in [0.1, 0.15) is 5.76 Å². The number of carboxylic acids is 1. The van der Waals surface area contributed by atoms with E-state index in [-0.39, 0.29) is 22.5 Å². The van der Waals surface area contributed by atoms with Crippen molar-refractivity contribution in [1.29, 1.82) is 0 Å². The molecular weight excluding hydrogens is 260 g/mol. The number of nitrogen functional groups attached to an aromatic ring is 1. The van der Waals surface area contributed by atoms with Gasteiger partial charge in [-0.1, -0.05) is 11.6 Å². The van der Waals surface area contributed by atoms with E-state index in [2.05, 4.69) is 15.3 Å². The Balaban J connectivity index is 2.19. The number of carbonyl (C=O) groups is 1. The average Bonchev–Trinajstić information content (AvgIpc) is 2.82. The van der Waals surface area contributed by atoms with Crippen molar-refractivity contribution in [2.45, 2.75) is 6.54 Å². The molecule has 2 aromatic rings. The summed E-state index contributed by atoms with van der Waals surface area (Å²) < 4.78 is 5.11. The number of anilines is 2. The molecule has 94 valence electrons. The van der Waals surface area contributed by atoms with Gasteiger partial charge in [0.05, 0.1) is 12.8 Å². The number of aromatic nitrogens is 2. The van der Waals surface area contributed by atoms with Crippen LogP contribution in [0.25, 0.3) is 0 Å². The molecule has 0 aliphatic heterocycles. The molecule has 0 aromatic carbocycles. The lowest BCUT2D eigenvalue weighted by Gasteiger charge is -2.07. The van der Waals surface area contributed by atoms with Crippen LogP contribution in [0, 0.1) is 0 Å². The molecule has 8 heteroatoms. The molecule has 0 atom stereocenters. The maximum Gasteiger partial charge on any atom is 0.358 e. The van der Waals surface area contributed by atoms with Gasteiger partial charge in [-0.05, 0) is 12.1 Å². The second-order valence-electron chi connectivity index (χ2n) is 3.33. The maximum absolute atomic E-state index is 10.8. The van der Waals surface area contributed by atoms with Gasteiger partial charge < -0.3 is 20.6 Å². The second kappa shape index (κ2) is 4.92. The normalized spacial score (nSPS) is 10.3. The van der Waals surface area contributed by atoms with Gasteiger partial charge in [-0.25, -0.2) is 14.8 Å². The Morgan fingerprint density at radius 2 is 2.33 bits per heavy atom. The summed E-state index contributed by atoms with van der Waals surface area (Å²) in [5, 5.41) is 11.6. The quantitative estimate of drug-likeness (QED) is 0.772. The summed E-state index contributed by atoms with van der Waals surface area (Å²) in [6.07, 6.45) is 1.53. The Morgan fingerprint density at radius 3 is 2.94 bits per heavy atom. The molecular formula is C10H9ClN4O3. The SMILES string of the molecule is Nc1nc(NCc2ccco2)c(Cl)nc1C(=O)O. The van der Waals surface area contributed by atoms with Crippen LogP contribution in [0.5, 0.6) is 0 Å². The van der Waals surface area contributed by atoms with Crippen LogP contribution in [0.4, 0.5) is 11.6 Å². The first-order chi connectivity index (χ1) is 8.58. The third kappa shape index (κ3) is 2.51. The molecule has 2 heterocycles. The van der Waals surface area contributed by atoms with E-state index >= 15 is 0 Å². The van der Waals surface area contributed by atoms with Gasteiger partial charge in [0.25, 0.3) is 0 Å². The zero-order valence-electron chi connectivity index (χ0n) is 9.05. The lowest BCUT2D eigenvalue weighted by atomic mass is 10.4. The van der Waals surface area contributed by atoms with Gasteiger partial charge in [0.2, 0.25) is 0 Å². The number of nitrogens with zero attached hydrogens (tertiary/aromatic N) is 2. The maximum atomic E-state index is 10.8. The van der Waals surface area contributed by atoms with E-state index in [4.69, 9.17) is 26.9 Å². The fourth-order valence-corrected chi connectivity index (χ4v) is 1.48. The highest BCUT2D eigenvalue weighted by Crippen LogP contribution is 2.21. The van der Waals surface area contributed by atoms with Crippen molar-refractivity contribution in [1.82, 2.24) is 9.97 Å². The Bertz CT molecular complexity index is 571. The average molecular weight is 269 g/mol. The predicted octanol–water partition coefficient (Wildman–Crippen LogP) is 1.62. The van der Waals surface area contributed by atoms with E-state index in [1.807, 2.05) is 0 Å². The Kier molecular flexibility index (Phi) is 3.33. The summed E-state index contributed by atoms with van der Waals surface area (Å²) in [5.74, 6) is -0.599. The molecule has 0 radical (unpaired) electrons. The third-order valence-electron chi connectivity index (χ3n) is 2.09. The number of aromatic carboxylic acids is 1. The van der Waals surface area contributed by atoms with Gasteiger partial charge in [0.15, 0.2) is 22.5 Å². The Hall–Kier alpha value is -2.28. The lowest BCUT2D eigenvalue weighted by molar-refractivity contribution is 0.0691. The van der Waals surface area contributed by atoms with E-state index in [1.54, 1.807) is 12.1 Å². The lowest BCUT2D eigenvalue weighted by Crippen LogP contribution is -2.11. The van der Waals surface area contributed by atoms with Gasteiger partial charge in [-0.3, -0.25) is 0 Å². The minimum atomic E-state index is -1.28. The first-order valence-corrected chi connectivity index (χ1v) is 5.28. The molecule has 0 saturated carbocycles. The summed E-state index contributed by atoms with van der Waals surface area (Å²) >= 11 is 5.80. The largest absolute Gasteiger partial charge is 0.476 e. The molecule has 0 saturated heterocycles. The number of furan rings is 1. The molecule has 0 bridgehead atoms. The van der Waals surface area contributed by atoms with E-state index in [0.717, 1.165) is 0 Å². The van der Waals surface area contributed by atoms with E-state index in [1.165, 1.54) is 6.26 Å². The number of hydrogen-bond donors (Lipinski definition) is 3. The summed E-state index contributed by atoms with van der Waals surface area (Å²) in [5.41, 5.74) is 5.09. The molecule has 18 heavy (non-hydrogen) atoms. The number of carboxylic acid groups (broad SMARTS) is 1. The van der Waals surface area contributed by atoms with Crippen LogP contribution in [0.3, 0.4) is 0 Å².